The van der Waals surface area contributed by atoms with Gasteiger partial charge in [0.05, 0.1) is 10.2 Å². The zero-order valence-corrected chi connectivity index (χ0v) is 11.4. The Kier molecular flexibility index (Phi) is 4.15. The lowest BCUT2D eigenvalue weighted by molar-refractivity contribution is -0.121. The number of nitrogens with one attached hydrogen (secondary N) is 2. The van der Waals surface area contributed by atoms with E-state index in [9.17, 15) is 4.79 Å². The molecule has 0 spiro atoms. The number of aromatic nitrogens is 1. The number of anilines is 1. The van der Waals surface area contributed by atoms with Crippen molar-refractivity contribution < 1.29 is 4.79 Å². The Morgan fingerprint density at radius 2 is 2.17 bits per heavy atom. The van der Waals surface area contributed by atoms with Crippen LogP contribution in [0, 0.1) is 0 Å². The van der Waals surface area contributed by atoms with E-state index in [1.807, 2.05) is 38.1 Å². The summed E-state index contributed by atoms with van der Waals surface area (Å²) in [6, 6.07) is 8.20. The number of fused-ring (bicyclic) bond motifs is 1. The van der Waals surface area contributed by atoms with Gasteiger partial charge in [0.15, 0.2) is 5.13 Å². The Labute approximate surface area is 110 Å². The molecule has 0 aliphatic rings. The van der Waals surface area contributed by atoms with Crippen LogP contribution in [0.15, 0.2) is 24.3 Å². The highest BCUT2D eigenvalue weighted by Gasteiger charge is 2.05. The van der Waals surface area contributed by atoms with E-state index in [4.69, 9.17) is 0 Å². The van der Waals surface area contributed by atoms with Crippen molar-refractivity contribution in [3.8, 4) is 0 Å². The fourth-order valence-corrected chi connectivity index (χ4v) is 2.52. The van der Waals surface area contributed by atoms with Gasteiger partial charge in [0.2, 0.25) is 5.91 Å². The minimum atomic E-state index is 0.0682. The van der Waals surface area contributed by atoms with Crippen LogP contribution in [-0.4, -0.2) is 23.5 Å². The van der Waals surface area contributed by atoms with Crippen LogP contribution in [0.1, 0.15) is 20.3 Å². The smallest absolute Gasteiger partial charge is 0.221 e. The number of amides is 1. The second-order valence-corrected chi connectivity index (χ2v) is 5.42. The first-order chi connectivity index (χ1) is 8.65. The number of benzene rings is 1. The van der Waals surface area contributed by atoms with Gasteiger partial charge in [-0.2, -0.15) is 0 Å². The monoisotopic (exact) mass is 263 g/mol. The van der Waals surface area contributed by atoms with E-state index >= 15 is 0 Å². The molecule has 0 saturated carbocycles. The third kappa shape index (κ3) is 3.43. The van der Waals surface area contributed by atoms with Gasteiger partial charge in [-0.3, -0.25) is 4.79 Å². The Hall–Kier alpha value is -1.62. The number of rotatable bonds is 5. The summed E-state index contributed by atoms with van der Waals surface area (Å²) in [6.45, 7) is 4.52. The number of para-hydroxylation sites is 1. The SMILES string of the molecule is CC(C)NC(=O)CCNc1nc2ccccc2s1. The summed E-state index contributed by atoms with van der Waals surface area (Å²) >= 11 is 1.61. The van der Waals surface area contributed by atoms with Crippen LogP contribution in [-0.2, 0) is 4.79 Å². The fraction of sp³-hybridized carbons (Fsp3) is 0.385. The van der Waals surface area contributed by atoms with Gasteiger partial charge in [-0.1, -0.05) is 23.5 Å². The Morgan fingerprint density at radius 3 is 2.89 bits per heavy atom. The summed E-state index contributed by atoms with van der Waals surface area (Å²) in [4.78, 5) is 15.9. The first-order valence-corrected chi connectivity index (χ1v) is 6.85. The minimum absolute atomic E-state index is 0.0682. The van der Waals surface area contributed by atoms with Crippen LogP contribution in [0.2, 0.25) is 0 Å². The predicted octanol–water partition coefficient (Wildman–Crippen LogP) is 2.62. The highest BCUT2D eigenvalue weighted by Crippen LogP contribution is 2.25. The number of carbonyl (C=O) groups is 1. The van der Waals surface area contributed by atoms with Gasteiger partial charge >= 0.3 is 0 Å². The maximum absolute atomic E-state index is 11.4. The lowest BCUT2D eigenvalue weighted by atomic mass is 10.3. The highest BCUT2D eigenvalue weighted by atomic mass is 32.1. The van der Waals surface area contributed by atoms with Gasteiger partial charge in [0.25, 0.3) is 0 Å². The molecular weight excluding hydrogens is 246 g/mol. The van der Waals surface area contributed by atoms with Gasteiger partial charge in [0, 0.05) is 19.0 Å². The van der Waals surface area contributed by atoms with Crippen molar-refractivity contribution in [1.82, 2.24) is 10.3 Å². The van der Waals surface area contributed by atoms with Gasteiger partial charge in [0.1, 0.15) is 0 Å². The van der Waals surface area contributed by atoms with E-state index in [0.29, 0.717) is 13.0 Å². The summed E-state index contributed by atoms with van der Waals surface area (Å²) in [5, 5.41) is 6.91. The van der Waals surface area contributed by atoms with E-state index in [1.165, 1.54) is 0 Å². The van der Waals surface area contributed by atoms with Crippen LogP contribution in [0.5, 0.6) is 0 Å². The molecule has 1 aromatic carbocycles. The van der Waals surface area contributed by atoms with E-state index < -0.39 is 0 Å². The molecule has 2 rings (SSSR count). The molecule has 0 fully saturated rings. The third-order valence-electron chi connectivity index (χ3n) is 2.37. The molecule has 2 aromatic rings. The van der Waals surface area contributed by atoms with Crippen molar-refractivity contribution in [3.05, 3.63) is 24.3 Å². The quantitative estimate of drug-likeness (QED) is 0.872. The molecular formula is C13H17N3OS. The molecule has 2 N–H and O–H groups in total. The molecule has 1 amide bonds. The first-order valence-electron chi connectivity index (χ1n) is 6.04. The van der Waals surface area contributed by atoms with Gasteiger partial charge in [-0.25, -0.2) is 4.98 Å². The van der Waals surface area contributed by atoms with Gasteiger partial charge < -0.3 is 10.6 Å². The zero-order chi connectivity index (χ0) is 13.0. The maximum atomic E-state index is 11.4. The van der Waals surface area contributed by atoms with Crippen molar-refractivity contribution in [2.24, 2.45) is 0 Å². The summed E-state index contributed by atoms with van der Waals surface area (Å²) in [7, 11) is 0. The van der Waals surface area contributed by atoms with Crippen LogP contribution in [0.4, 0.5) is 5.13 Å². The zero-order valence-electron chi connectivity index (χ0n) is 10.6. The standard InChI is InChI=1S/C13H17N3OS/c1-9(2)15-12(17)7-8-14-13-16-10-5-3-4-6-11(10)18-13/h3-6,9H,7-8H2,1-2H3,(H,14,16)(H,15,17). The van der Waals surface area contributed by atoms with Crippen molar-refractivity contribution in [2.45, 2.75) is 26.3 Å². The molecule has 1 heterocycles. The number of thiazole rings is 1. The molecule has 96 valence electrons. The molecule has 0 saturated heterocycles. The molecule has 5 heteroatoms. The van der Waals surface area contributed by atoms with Gasteiger partial charge in [-0.05, 0) is 26.0 Å². The second kappa shape index (κ2) is 5.82. The lowest BCUT2D eigenvalue weighted by Gasteiger charge is -2.08. The third-order valence-corrected chi connectivity index (χ3v) is 3.37. The molecule has 1 aromatic heterocycles. The van der Waals surface area contributed by atoms with Crippen molar-refractivity contribution in [2.75, 3.05) is 11.9 Å². The van der Waals surface area contributed by atoms with Crippen molar-refractivity contribution in [1.29, 1.82) is 0 Å². The summed E-state index contributed by atoms with van der Waals surface area (Å²) in [5.41, 5.74) is 0.997. The molecule has 0 bridgehead atoms. The summed E-state index contributed by atoms with van der Waals surface area (Å²) < 4.78 is 1.16. The van der Waals surface area contributed by atoms with E-state index in [-0.39, 0.29) is 11.9 Å². The molecule has 4 nitrogen and oxygen atoms in total. The topological polar surface area (TPSA) is 54.0 Å². The first kappa shape index (κ1) is 12.8. The van der Waals surface area contributed by atoms with Gasteiger partial charge in [-0.15, -0.1) is 0 Å². The van der Waals surface area contributed by atoms with Crippen LogP contribution in [0.3, 0.4) is 0 Å². The fourth-order valence-electron chi connectivity index (χ4n) is 1.62. The molecule has 0 aliphatic carbocycles. The Balaban J connectivity index is 1.85. The lowest BCUT2D eigenvalue weighted by Crippen LogP contribution is -2.31. The molecule has 0 aliphatic heterocycles. The minimum Gasteiger partial charge on any atom is -0.361 e. The average molecular weight is 263 g/mol. The second-order valence-electron chi connectivity index (χ2n) is 4.39. The number of carbonyl (C=O) groups excluding carboxylic acids is 1. The largest absolute Gasteiger partial charge is 0.361 e. The Morgan fingerprint density at radius 1 is 1.39 bits per heavy atom. The number of hydrogen-bond donors (Lipinski definition) is 2. The highest BCUT2D eigenvalue weighted by molar-refractivity contribution is 7.22. The Bertz CT molecular complexity index is 503. The summed E-state index contributed by atoms with van der Waals surface area (Å²) in [6.07, 6.45) is 0.466. The van der Waals surface area contributed by atoms with Crippen LogP contribution < -0.4 is 10.6 Å². The molecule has 0 radical (unpaired) electrons. The van der Waals surface area contributed by atoms with Crippen molar-refractivity contribution >= 4 is 32.6 Å². The van der Waals surface area contributed by atoms with E-state index in [2.05, 4.69) is 15.6 Å². The normalized spacial score (nSPS) is 10.8. The maximum Gasteiger partial charge on any atom is 0.221 e. The van der Waals surface area contributed by atoms with E-state index in [1.54, 1.807) is 11.3 Å². The van der Waals surface area contributed by atoms with Crippen LogP contribution in [0.25, 0.3) is 10.2 Å². The molecule has 0 unspecified atom stereocenters. The molecule has 18 heavy (non-hydrogen) atoms. The van der Waals surface area contributed by atoms with E-state index in [0.717, 1.165) is 15.3 Å². The molecule has 0 atom stereocenters. The summed E-state index contributed by atoms with van der Waals surface area (Å²) in [5.74, 6) is 0.0682. The number of nitrogens with zero attached hydrogens (tertiary/aromatic N) is 1. The number of hydrogen-bond acceptors (Lipinski definition) is 4. The predicted molar refractivity (Wildman–Crippen MR) is 76.0 cm³/mol. The average Bonchev–Trinajstić information content (AvgIpc) is 2.70. The van der Waals surface area contributed by atoms with Crippen molar-refractivity contribution in [3.63, 3.8) is 0 Å². The van der Waals surface area contributed by atoms with Crippen LogP contribution >= 0.6 is 11.3 Å².